The highest BCUT2D eigenvalue weighted by Gasteiger charge is 2.23. The van der Waals surface area contributed by atoms with E-state index in [2.05, 4.69) is 15.6 Å². The Morgan fingerprint density at radius 2 is 2.03 bits per heavy atom. The zero-order valence-electron chi connectivity index (χ0n) is 18.1. The highest BCUT2D eigenvalue weighted by Crippen LogP contribution is 2.27. The molecule has 1 fully saturated rings. The molecular formula is C24H26N6O2. The molecule has 1 aromatic heterocycles. The van der Waals surface area contributed by atoms with Gasteiger partial charge in [0.1, 0.15) is 11.6 Å². The number of anilines is 3. The number of nitrogens with zero attached hydrogens (tertiary/aromatic N) is 2. The number of hydrogen-bond donors (Lipinski definition) is 4. The number of nitrogens with one attached hydrogen (secondary N) is 3. The Morgan fingerprint density at radius 3 is 2.78 bits per heavy atom. The van der Waals surface area contributed by atoms with Crippen LogP contribution in [-0.4, -0.2) is 34.7 Å². The summed E-state index contributed by atoms with van der Waals surface area (Å²) in [6, 6.07) is 13.1. The highest BCUT2D eigenvalue weighted by atomic mass is 16.5. The van der Waals surface area contributed by atoms with Gasteiger partial charge in [0.25, 0.3) is 5.91 Å². The summed E-state index contributed by atoms with van der Waals surface area (Å²) in [5.74, 6) is 1.69. The van der Waals surface area contributed by atoms with E-state index in [1.54, 1.807) is 18.2 Å². The zero-order valence-corrected chi connectivity index (χ0v) is 18.1. The van der Waals surface area contributed by atoms with Crippen LogP contribution in [0.2, 0.25) is 0 Å². The van der Waals surface area contributed by atoms with Crippen molar-refractivity contribution in [2.45, 2.75) is 32.7 Å². The zero-order chi connectivity index (χ0) is 22.7. The van der Waals surface area contributed by atoms with Crippen molar-refractivity contribution in [1.82, 2.24) is 15.3 Å². The third-order valence-electron chi connectivity index (χ3n) is 5.30. The molecule has 1 saturated carbocycles. The highest BCUT2D eigenvalue weighted by molar-refractivity contribution is 5.87. The average Bonchev–Trinajstić information content (AvgIpc) is 3.60. The topological polar surface area (TPSA) is 126 Å². The van der Waals surface area contributed by atoms with E-state index in [0.29, 0.717) is 34.7 Å². The van der Waals surface area contributed by atoms with Crippen LogP contribution in [0, 0.1) is 19.3 Å². The van der Waals surface area contributed by atoms with E-state index < -0.39 is 0 Å². The molecule has 0 aliphatic heterocycles. The molecule has 1 heterocycles. The van der Waals surface area contributed by atoms with Crippen LogP contribution in [0.25, 0.3) is 11.4 Å². The van der Waals surface area contributed by atoms with Crippen molar-refractivity contribution in [3.05, 3.63) is 59.3 Å². The quantitative estimate of drug-likeness (QED) is 0.319. The van der Waals surface area contributed by atoms with Crippen molar-refractivity contribution in [1.29, 1.82) is 5.41 Å². The summed E-state index contributed by atoms with van der Waals surface area (Å²) in [4.78, 5) is 21.2. The first-order chi connectivity index (χ1) is 15.4. The summed E-state index contributed by atoms with van der Waals surface area (Å²) in [5.41, 5.74) is 10.4. The van der Waals surface area contributed by atoms with Crippen molar-refractivity contribution >= 4 is 29.3 Å². The molecule has 0 atom stereocenters. The predicted molar refractivity (Wildman–Crippen MR) is 126 cm³/mol. The Hall–Kier alpha value is -3.94. The number of carbonyl (C=O) groups is 1. The third kappa shape index (κ3) is 5.03. The molecule has 1 aliphatic carbocycles. The van der Waals surface area contributed by atoms with Crippen molar-refractivity contribution in [2.24, 2.45) is 0 Å². The average molecular weight is 431 g/mol. The van der Waals surface area contributed by atoms with Crippen molar-refractivity contribution < 1.29 is 9.53 Å². The summed E-state index contributed by atoms with van der Waals surface area (Å²) in [6.07, 6.45) is 3.31. The lowest BCUT2D eigenvalue weighted by molar-refractivity contribution is -0.123. The standard InChI is InChI=1S/C24H26N6O2/c1-14-15(2)27-24(30-23(14)29-19-8-9-21(26)17(10-19)12-25)16-4-3-5-20(11-16)32-13-22(31)28-18-6-7-18/h3-5,8-12,18,25H,6-7,13,26H2,1-2H3,(H,28,31)(H,27,29,30). The normalized spacial score (nSPS) is 12.8. The monoisotopic (exact) mass is 430 g/mol. The first-order valence-corrected chi connectivity index (χ1v) is 10.5. The molecule has 3 aromatic rings. The number of rotatable bonds is 8. The molecule has 0 radical (unpaired) electrons. The Labute approximate surface area is 186 Å². The number of aromatic nitrogens is 2. The Kier molecular flexibility index (Phi) is 6.02. The molecule has 164 valence electrons. The first kappa shape index (κ1) is 21.3. The minimum Gasteiger partial charge on any atom is -0.484 e. The minimum atomic E-state index is -0.111. The molecule has 1 amide bonds. The summed E-state index contributed by atoms with van der Waals surface area (Å²) in [5, 5.41) is 13.7. The summed E-state index contributed by atoms with van der Waals surface area (Å²) in [6.45, 7) is 3.86. The van der Waals surface area contributed by atoms with Gasteiger partial charge in [-0.2, -0.15) is 0 Å². The molecular weight excluding hydrogens is 404 g/mol. The van der Waals surface area contributed by atoms with E-state index in [9.17, 15) is 4.79 Å². The number of nitrogen functional groups attached to an aromatic ring is 1. The molecule has 0 bridgehead atoms. The maximum atomic E-state index is 11.9. The van der Waals surface area contributed by atoms with Crippen LogP contribution in [0.5, 0.6) is 5.75 Å². The van der Waals surface area contributed by atoms with Gasteiger partial charge >= 0.3 is 0 Å². The fourth-order valence-electron chi connectivity index (χ4n) is 3.16. The second-order valence-corrected chi connectivity index (χ2v) is 7.88. The van der Waals surface area contributed by atoms with Gasteiger partial charge in [-0.1, -0.05) is 12.1 Å². The largest absolute Gasteiger partial charge is 0.484 e. The Bertz CT molecular complexity index is 1170. The van der Waals surface area contributed by atoms with E-state index in [4.69, 9.17) is 20.9 Å². The SMILES string of the molecule is Cc1nc(-c2cccc(OCC(=O)NC3CC3)c2)nc(Nc2ccc(N)c(C=N)c2)c1C. The number of ether oxygens (including phenoxy) is 1. The number of carbonyl (C=O) groups excluding carboxylic acids is 1. The summed E-state index contributed by atoms with van der Waals surface area (Å²) < 4.78 is 5.66. The van der Waals surface area contributed by atoms with Crippen LogP contribution in [0.4, 0.5) is 17.2 Å². The van der Waals surface area contributed by atoms with Gasteiger partial charge in [-0.05, 0) is 57.0 Å². The third-order valence-corrected chi connectivity index (χ3v) is 5.30. The molecule has 1 aliphatic rings. The molecule has 32 heavy (non-hydrogen) atoms. The van der Waals surface area contributed by atoms with Crippen molar-refractivity contribution in [3.63, 3.8) is 0 Å². The Morgan fingerprint density at radius 1 is 1.22 bits per heavy atom. The van der Waals surface area contributed by atoms with E-state index in [-0.39, 0.29) is 12.5 Å². The molecule has 8 nitrogen and oxygen atoms in total. The van der Waals surface area contributed by atoms with Gasteiger partial charge in [-0.15, -0.1) is 0 Å². The van der Waals surface area contributed by atoms with Gasteiger partial charge in [0.15, 0.2) is 12.4 Å². The molecule has 0 unspecified atom stereocenters. The second kappa shape index (κ2) is 9.05. The van der Waals surface area contributed by atoms with Crippen LogP contribution in [0.1, 0.15) is 29.7 Å². The van der Waals surface area contributed by atoms with E-state index in [1.165, 1.54) is 6.21 Å². The van der Waals surface area contributed by atoms with Crippen LogP contribution in [0.15, 0.2) is 42.5 Å². The summed E-state index contributed by atoms with van der Waals surface area (Å²) >= 11 is 0. The number of nitrogens with two attached hydrogens (primary N) is 1. The number of aryl methyl sites for hydroxylation is 1. The van der Waals surface area contributed by atoms with Crippen molar-refractivity contribution in [2.75, 3.05) is 17.7 Å². The van der Waals surface area contributed by atoms with Gasteiger partial charge < -0.3 is 26.5 Å². The second-order valence-electron chi connectivity index (χ2n) is 7.88. The Balaban J connectivity index is 1.55. The van der Waals surface area contributed by atoms with Crippen LogP contribution < -0.4 is 21.1 Å². The van der Waals surface area contributed by atoms with Gasteiger partial charge in [0.05, 0.1) is 0 Å². The van der Waals surface area contributed by atoms with E-state index in [0.717, 1.165) is 35.3 Å². The van der Waals surface area contributed by atoms with Gasteiger partial charge in [-0.25, -0.2) is 9.97 Å². The minimum absolute atomic E-state index is 0.0208. The number of benzene rings is 2. The van der Waals surface area contributed by atoms with E-state index in [1.807, 2.05) is 38.1 Å². The molecule has 8 heteroatoms. The fourth-order valence-corrected chi connectivity index (χ4v) is 3.16. The fraction of sp³-hybridized carbons (Fsp3) is 0.250. The van der Waals surface area contributed by atoms with Gasteiger partial charge in [-0.3, -0.25) is 4.79 Å². The maximum absolute atomic E-state index is 11.9. The molecule has 0 spiro atoms. The lowest BCUT2D eigenvalue weighted by Gasteiger charge is -2.14. The van der Waals surface area contributed by atoms with Crippen LogP contribution >= 0.6 is 0 Å². The van der Waals surface area contributed by atoms with E-state index >= 15 is 0 Å². The number of hydrogen-bond acceptors (Lipinski definition) is 7. The molecule has 4 rings (SSSR count). The van der Waals surface area contributed by atoms with Crippen LogP contribution in [-0.2, 0) is 4.79 Å². The van der Waals surface area contributed by atoms with Crippen LogP contribution in [0.3, 0.4) is 0 Å². The maximum Gasteiger partial charge on any atom is 0.258 e. The molecule has 5 N–H and O–H groups in total. The number of amides is 1. The van der Waals surface area contributed by atoms with Gasteiger partial charge in [0.2, 0.25) is 0 Å². The molecule has 0 saturated heterocycles. The lowest BCUT2D eigenvalue weighted by Crippen LogP contribution is -2.30. The predicted octanol–water partition coefficient (Wildman–Crippen LogP) is 3.74. The smallest absolute Gasteiger partial charge is 0.258 e. The first-order valence-electron chi connectivity index (χ1n) is 10.5. The van der Waals surface area contributed by atoms with Gasteiger partial charge in [0, 0.05) is 46.0 Å². The molecule has 2 aromatic carbocycles. The lowest BCUT2D eigenvalue weighted by atomic mass is 10.1. The summed E-state index contributed by atoms with van der Waals surface area (Å²) in [7, 11) is 0. The van der Waals surface area contributed by atoms with Crippen molar-refractivity contribution in [3.8, 4) is 17.1 Å².